The number of carbonyl (C=O) groups is 3. The van der Waals surface area contributed by atoms with Crippen molar-refractivity contribution in [1.29, 1.82) is 0 Å². The molecule has 0 saturated heterocycles. The number of aliphatic carboxylic acids is 1. The molecule has 0 aromatic heterocycles. The van der Waals surface area contributed by atoms with Crippen LogP contribution in [0.3, 0.4) is 0 Å². The predicted octanol–water partition coefficient (Wildman–Crippen LogP) is 0.0873. The number of rotatable bonds is 4. The molecule has 106 valence electrons. The second kappa shape index (κ2) is 5.60. The molecule has 1 atom stereocenters. The van der Waals surface area contributed by atoms with Gasteiger partial charge in [0, 0.05) is 12.2 Å². The molecule has 7 heteroatoms. The molecular formula is C13H15N3O4. The van der Waals surface area contributed by atoms with Crippen LogP contribution in [0.1, 0.15) is 12.0 Å². The number of benzene rings is 1. The van der Waals surface area contributed by atoms with E-state index in [9.17, 15) is 14.4 Å². The van der Waals surface area contributed by atoms with Gasteiger partial charge in [0.1, 0.15) is 6.04 Å². The second-order valence-corrected chi connectivity index (χ2v) is 4.54. The van der Waals surface area contributed by atoms with Crippen molar-refractivity contribution in [3.05, 3.63) is 29.8 Å². The van der Waals surface area contributed by atoms with Gasteiger partial charge in [0.2, 0.25) is 5.91 Å². The molecule has 1 aliphatic heterocycles. The molecule has 1 aliphatic rings. The zero-order chi connectivity index (χ0) is 14.7. The summed E-state index contributed by atoms with van der Waals surface area (Å²) < 4.78 is 0. The van der Waals surface area contributed by atoms with E-state index in [1.165, 1.54) is 4.90 Å². The summed E-state index contributed by atoms with van der Waals surface area (Å²) in [4.78, 5) is 35.4. The van der Waals surface area contributed by atoms with Gasteiger partial charge < -0.3 is 16.2 Å². The molecule has 2 rings (SSSR count). The molecule has 1 unspecified atom stereocenters. The zero-order valence-electron chi connectivity index (χ0n) is 10.7. The van der Waals surface area contributed by atoms with Crippen LogP contribution < -0.4 is 16.0 Å². The van der Waals surface area contributed by atoms with Crippen LogP contribution in [0.15, 0.2) is 24.3 Å². The number of hydrogen-bond acceptors (Lipinski definition) is 3. The Kier molecular flexibility index (Phi) is 3.88. The molecule has 7 nitrogen and oxygen atoms in total. The highest BCUT2D eigenvalue weighted by Gasteiger charge is 2.28. The third-order valence-electron chi connectivity index (χ3n) is 3.13. The van der Waals surface area contributed by atoms with E-state index >= 15 is 0 Å². The van der Waals surface area contributed by atoms with Gasteiger partial charge in [0.15, 0.2) is 0 Å². The number of nitrogens with zero attached hydrogens (tertiary/aromatic N) is 1. The summed E-state index contributed by atoms with van der Waals surface area (Å²) >= 11 is 0. The van der Waals surface area contributed by atoms with Crippen LogP contribution in [0, 0.1) is 0 Å². The van der Waals surface area contributed by atoms with Crippen molar-refractivity contribution < 1.29 is 19.5 Å². The van der Waals surface area contributed by atoms with E-state index in [1.54, 1.807) is 6.07 Å². The van der Waals surface area contributed by atoms with Crippen molar-refractivity contribution in [1.82, 2.24) is 5.32 Å². The lowest BCUT2D eigenvalue weighted by Gasteiger charge is -2.21. The fourth-order valence-corrected chi connectivity index (χ4v) is 2.18. The monoisotopic (exact) mass is 277 g/mol. The number of nitrogens with one attached hydrogen (secondary N) is 1. The smallest absolute Gasteiger partial charge is 0.326 e. The van der Waals surface area contributed by atoms with Crippen LogP contribution in [-0.2, 0) is 16.0 Å². The molecule has 0 aliphatic carbocycles. The minimum absolute atomic E-state index is 0.434. The van der Waals surface area contributed by atoms with Crippen LogP contribution in [0.2, 0.25) is 0 Å². The van der Waals surface area contributed by atoms with Crippen molar-refractivity contribution in [3.63, 3.8) is 0 Å². The van der Waals surface area contributed by atoms with Gasteiger partial charge in [-0.25, -0.2) is 9.59 Å². The summed E-state index contributed by atoms with van der Waals surface area (Å²) in [7, 11) is 0. The molecule has 0 bridgehead atoms. The van der Waals surface area contributed by atoms with Crippen molar-refractivity contribution in [2.45, 2.75) is 18.9 Å². The molecule has 0 spiro atoms. The number of anilines is 1. The molecule has 4 N–H and O–H groups in total. The van der Waals surface area contributed by atoms with E-state index < -0.39 is 30.4 Å². The van der Waals surface area contributed by atoms with Gasteiger partial charge in [0.05, 0.1) is 6.42 Å². The predicted molar refractivity (Wildman–Crippen MR) is 71.3 cm³/mol. The molecule has 1 aromatic rings. The Morgan fingerprint density at radius 1 is 1.35 bits per heavy atom. The van der Waals surface area contributed by atoms with Crippen LogP contribution >= 0.6 is 0 Å². The number of carboxylic acid groups (broad SMARTS) is 1. The molecule has 1 aromatic carbocycles. The molecular weight excluding hydrogens is 262 g/mol. The standard InChI is InChI=1S/C13H15N3O4/c14-11(17)7-9(12(18)19)15-13(20)16-6-5-8-3-1-2-4-10(8)16/h1-4,9H,5-7H2,(H2,14,17)(H,15,20)(H,18,19). The van der Waals surface area contributed by atoms with Crippen molar-refractivity contribution in [3.8, 4) is 0 Å². The maximum Gasteiger partial charge on any atom is 0.326 e. The highest BCUT2D eigenvalue weighted by molar-refractivity contribution is 5.97. The molecule has 1 heterocycles. The Hall–Kier alpha value is -2.57. The number of para-hydroxylation sites is 1. The molecule has 0 fully saturated rings. The van der Waals surface area contributed by atoms with Crippen LogP contribution in [0.5, 0.6) is 0 Å². The van der Waals surface area contributed by atoms with E-state index in [4.69, 9.17) is 10.8 Å². The Bertz CT molecular complexity index is 558. The Morgan fingerprint density at radius 3 is 2.70 bits per heavy atom. The maximum atomic E-state index is 12.1. The maximum absolute atomic E-state index is 12.1. The number of primary amides is 1. The third-order valence-corrected chi connectivity index (χ3v) is 3.13. The number of hydrogen-bond donors (Lipinski definition) is 3. The van der Waals surface area contributed by atoms with Gasteiger partial charge in [-0.2, -0.15) is 0 Å². The summed E-state index contributed by atoms with van der Waals surface area (Å²) in [5.41, 5.74) is 6.76. The lowest BCUT2D eigenvalue weighted by atomic mass is 10.2. The fraction of sp³-hybridized carbons (Fsp3) is 0.308. The van der Waals surface area contributed by atoms with Crippen LogP contribution in [0.4, 0.5) is 10.5 Å². The first-order chi connectivity index (χ1) is 9.49. The highest BCUT2D eigenvalue weighted by atomic mass is 16.4. The minimum Gasteiger partial charge on any atom is -0.480 e. The van der Waals surface area contributed by atoms with Gasteiger partial charge >= 0.3 is 12.0 Å². The minimum atomic E-state index is -1.31. The number of nitrogens with two attached hydrogens (primary N) is 1. The van der Waals surface area contributed by atoms with Gasteiger partial charge in [-0.05, 0) is 18.1 Å². The number of carbonyl (C=O) groups excluding carboxylic acids is 2. The second-order valence-electron chi connectivity index (χ2n) is 4.54. The van der Waals surface area contributed by atoms with Gasteiger partial charge in [-0.1, -0.05) is 18.2 Å². The van der Waals surface area contributed by atoms with Crippen LogP contribution in [0.25, 0.3) is 0 Å². The van der Waals surface area contributed by atoms with E-state index in [0.29, 0.717) is 6.54 Å². The number of amides is 3. The molecule has 3 amide bonds. The van der Waals surface area contributed by atoms with Crippen LogP contribution in [-0.4, -0.2) is 35.6 Å². The van der Waals surface area contributed by atoms with E-state index in [-0.39, 0.29) is 0 Å². The summed E-state index contributed by atoms with van der Waals surface area (Å²) in [5.74, 6) is -2.07. The Morgan fingerprint density at radius 2 is 2.05 bits per heavy atom. The number of fused-ring (bicyclic) bond motifs is 1. The fourth-order valence-electron chi connectivity index (χ4n) is 2.18. The van der Waals surface area contributed by atoms with Gasteiger partial charge in [0.25, 0.3) is 0 Å². The van der Waals surface area contributed by atoms with Crippen molar-refractivity contribution in [2.24, 2.45) is 5.73 Å². The average molecular weight is 277 g/mol. The summed E-state index contributed by atoms with van der Waals surface area (Å²) in [6, 6.07) is 5.55. The normalized spacial score (nSPS) is 14.5. The van der Waals surface area contributed by atoms with E-state index in [0.717, 1.165) is 17.7 Å². The van der Waals surface area contributed by atoms with Crippen molar-refractivity contribution >= 4 is 23.6 Å². The lowest BCUT2D eigenvalue weighted by Crippen LogP contribution is -2.49. The first-order valence-electron chi connectivity index (χ1n) is 6.16. The highest BCUT2D eigenvalue weighted by Crippen LogP contribution is 2.27. The van der Waals surface area contributed by atoms with Gasteiger partial charge in [-0.3, -0.25) is 9.69 Å². The quantitative estimate of drug-likeness (QED) is 0.723. The molecule has 20 heavy (non-hydrogen) atoms. The van der Waals surface area contributed by atoms with E-state index in [1.807, 2.05) is 18.2 Å². The first kappa shape index (κ1) is 13.9. The summed E-state index contributed by atoms with van der Waals surface area (Å²) in [6.07, 6.45) is 0.285. The first-order valence-corrected chi connectivity index (χ1v) is 6.16. The summed E-state index contributed by atoms with van der Waals surface area (Å²) in [6.45, 7) is 0.480. The SMILES string of the molecule is NC(=O)CC(NC(=O)N1CCc2ccccc21)C(=O)O. The molecule has 0 saturated carbocycles. The number of carboxylic acids is 1. The largest absolute Gasteiger partial charge is 0.480 e. The van der Waals surface area contributed by atoms with E-state index in [2.05, 4.69) is 5.32 Å². The Labute approximate surface area is 115 Å². The lowest BCUT2D eigenvalue weighted by molar-refractivity contribution is -0.140. The van der Waals surface area contributed by atoms with Gasteiger partial charge in [-0.15, -0.1) is 0 Å². The zero-order valence-corrected chi connectivity index (χ0v) is 10.7. The third kappa shape index (κ3) is 2.87. The topological polar surface area (TPSA) is 113 Å². The average Bonchev–Trinajstić information content (AvgIpc) is 2.81. The Balaban J connectivity index is 2.09. The summed E-state index contributed by atoms with van der Waals surface area (Å²) in [5, 5.41) is 11.3. The van der Waals surface area contributed by atoms with Crippen molar-refractivity contribution in [2.75, 3.05) is 11.4 Å². The number of urea groups is 1. The molecule has 0 radical (unpaired) electrons.